The van der Waals surface area contributed by atoms with Gasteiger partial charge in [0.25, 0.3) is 5.91 Å². The van der Waals surface area contributed by atoms with E-state index in [1.165, 1.54) is 9.31 Å². The number of ether oxygens (including phenoxy) is 1. The van der Waals surface area contributed by atoms with Crippen molar-refractivity contribution in [3.63, 3.8) is 0 Å². The Kier molecular flexibility index (Phi) is 9.25. The average Bonchev–Trinajstić information content (AvgIpc) is 3.74. The number of benzene rings is 4. The van der Waals surface area contributed by atoms with Gasteiger partial charge in [0.2, 0.25) is 10.0 Å². The molecule has 4 aromatic carbocycles. The summed E-state index contributed by atoms with van der Waals surface area (Å²) in [4.78, 5) is 26.5. The lowest BCUT2D eigenvalue weighted by Gasteiger charge is -2.30. The Morgan fingerprint density at radius 1 is 0.840 bits per heavy atom. The van der Waals surface area contributed by atoms with E-state index < -0.39 is 10.0 Å². The summed E-state index contributed by atoms with van der Waals surface area (Å²) in [6.07, 6.45) is 4.41. The van der Waals surface area contributed by atoms with E-state index in [9.17, 15) is 18.0 Å². The summed E-state index contributed by atoms with van der Waals surface area (Å²) in [5.74, 6) is -0.892. The van der Waals surface area contributed by atoms with Crippen molar-refractivity contribution in [1.82, 2.24) is 14.1 Å². The van der Waals surface area contributed by atoms with Crippen molar-refractivity contribution in [3.8, 4) is 16.9 Å². The molecule has 2 aliphatic heterocycles. The molecule has 0 unspecified atom stereocenters. The van der Waals surface area contributed by atoms with Crippen LogP contribution in [0.25, 0.3) is 23.0 Å². The zero-order valence-corrected chi connectivity index (χ0v) is 28.2. The highest BCUT2D eigenvalue weighted by Crippen LogP contribution is 2.33. The minimum Gasteiger partial charge on any atom is -0.466 e. The number of sulfonamides is 1. The molecule has 7 rings (SSSR count). The monoisotopic (exact) mass is 685 g/mol. The third-order valence-electron chi connectivity index (χ3n) is 8.81. The van der Waals surface area contributed by atoms with Crippen molar-refractivity contribution >= 4 is 39.4 Å². The van der Waals surface area contributed by atoms with Gasteiger partial charge in [-0.1, -0.05) is 78.9 Å². The van der Waals surface area contributed by atoms with Gasteiger partial charge < -0.3 is 4.74 Å². The van der Waals surface area contributed by atoms with E-state index in [0.29, 0.717) is 53.2 Å². The number of anilines is 1. The first-order chi connectivity index (χ1) is 24.3. The number of esters is 1. The van der Waals surface area contributed by atoms with Crippen LogP contribution in [0, 0.1) is 5.92 Å². The van der Waals surface area contributed by atoms with Crippen molar-refractivity contribution < 1.29 is 22.7 Å². The number of rotatable bonds is 9. The van der Waals surface area contributed by atoms with Crippen LogP contribution in [0.15, 0.2) is 137 Å². The van der Waals surface area contributed by atoms with Crippen LogP contribution in [0.3, 0.4) is 0 Å². The summed E-state index contributed by atoms with van der Waals surface area (Å²) in [6.45, 7) is 2.49. The normalized spacial score (nSPS) is 16.5. The molecule has 1 aromatic heterocycles. The largest absolute Gasteiger partial charge is 0.466 e. The standard InChI is InChI=1S/C39H35N5O5S/c1-2-49-39(46)29-21-23-42(24-22-29)50(47,48)34-20-12-15-30(25-34)36-31(27-43(40-36)32-16-8-4-9-17-32)26-35-37(28-13-6-3-7-14-28)41-44(38(35)45)33-18-10-5-11-19-33/h3-20,25-27,29H,2,21-24H2,1H3. The maximum Gasteiger partial charge on any atom is 0.309 e. The summed E-state index contributed by atoms with van der Waals surface area (Å²) in [7, 11) is -3.87. The summed E-state index contributed by atoms with van der Waals surface area (Å²) < 4.78 is 36.1. The number of hydrazone groups is 1. The first kappa shape index (κ1) is 32.9. The highest BCUT2D eigenvalue weighted by atomic mass is 32.2. The van der Waals surface area contributed by atoms with Crippen molar-refractivity contribution in [1.29, 1.82) is 0 Å². The molecule has 3 heterocycles. The fourth-order valence-corrected chi connectivity index (χ4v) is 7.74. The SMILES string of the molecule is CCOC(=O)C1CCN(S(=O)(=O)c2cccc(-c3nn(-c4ccccc4)cc3C=C3C(=O)N(c4ccccc4)N=C3c3ccccc3)c2)CC1. The van der Waals surface area contributed by atoms with E-state index in [4.69, 9.17) is 14.9 Å². The highest BCUT2D eigenvalue weighted by molar-refractivity contribution is 7.89. The molecule has 1 saturated heterocycles. The van der Waals surface area contributed by atoms with Crippen molar-refractivity contribution in [2.24, 2.45) is 11.0 Å². The molecule has 0 N–H and O–H groups in total. The summed E-state index contributed by atoms with van der Waals surface area (Å²) in [5.41, 5.74) is 4.78. The van der Waals surface area contributed by atoms with Gasteiger partial charge in [-0.15, -0.1) is 0 Å². The number of piperidine rings is 1. The molecule has 2 aliphatic rings. The molecule has 0 saturated carbocycles. The van der Waals surface area contributed by atoms with E-state index in [2.05, 4.69) is 0 Å². The van der Waals surface area contributed by atoms with Gasteiger partial charge in [-0.2, -0.15) is 19.5 Å². The van der Waals surface area contributed by atoms with Gasteiger partial charge in [0.05, 0.1) is 34.4 Å². The fourth-order valence-electron chi connectivity index (χ4n) is 6.23. The number of nitrogens with zero attached hydrogens (tertiary/aromatic N) is 5. The predicted octanol–water partition coefficient (Wildman–Crippen LogP) is 6.34. The van der Waals surface area contributed by atoms with Gasteiger partial charge in [0.1, 0.15) is 11.4 Å². The molecule has 11 heteroatoms. The van der Waals surface area contributed by atoms with E-state index in [1.54, 1.807) is 35.9 Å². The molecule has 0 atom stereocenters. The number of para-hydroxylation sites is 2. The number of aromatic nitrogens is 2. The van der Waals surface area contributed by atoms with E-state index in [-0.39, 0.29) is 35.8 Å². The van der Waals surface area contributed by atoms with E-state index in [1.807, 2.05) is 103 Å². The minimum atomic E-state index is -3.87. The highest BCUT2D eigenvalue weighted by Gasteiger charge is 2.34. The van der Waals surface area contributed by atoms with Crippen LogP contribution in [0.5, 0.6) is 0 Å². The third kappa shape index (κ3) is 6.52. The molecule has 10 nitrogen and oxygen atoms in total. The zero-order valence-electron chi connectivity index (χ0n) is 27.4. The van der Waals surface area contributed by atoms with Gasteiger partial charge >= 0.3 is 5.97 Å². The molecule has 1 amide bonds. The molecule has 0 bridgehead atoms. The molecular weight excluding hydrogens is 651 g/mol. The lowest BCUT2D eigenvalue weighted by atomic mass is 9.98. The molecular formula is C39H35N5O5S. The number of carbonyl (C=O) groups is 2. The van der Waals surface area contributed by atoms with Gasteiger partial charge in [-0.3, -0.25) is 9.59 Å². The lowest BCUT2D eigenvalue weighted by Crippen LogP contribution is -2.40. The molecule has 5 aromatic rings. The Bertz CT molecular complexity index is 2190. The maximum absolute atomic E-state index is 14.1. The smallest absolute Gasteiger partial charge is 0.309 e. The Morgan fingerprint density at radius 3 is 2.12 bits per heavy atom. The van der Waals surface area contributed by atoms with Crippen LogP contribution >= 0.6 is 0 Å². The molecule has 0 aliphatic carbocycles. The molecule has 252 valence electrons. The number of amides is 1. The Balaban J connectivity index is 1.29. The molecule has 1 fully saturated rings. The summed E-state index contributed by atoms with van der Waals surface area (Å²) in [6, 6.07) is 35.0. The second-order valence-electron chi connectivity index (χ2n) is 12.0. The zero-order chi connectivity index (χ0) is 34.7. The number of hydrogen-bond acceptors (Lipinski definition) is 7. The molecule has 50 heavy (non-hydrogen) atoms. The molecule has 0 radical (unpaired) electrons. The second-order valence-corrected chi connectivity index (χ2v) is 13.9. The maximum atomic E-state index is 14.1. The predicted molar refractivity (Wildman–Crippen MR) is 192 cm³/mol. The quantitative estimate of drug-likeness (QED) is 0.132. The van der Waals surface area contributed by atoms with Crippen molar-refractivity contribution in [2.45, 2.75) is 24.7 Å². The Morgan fingerprint density at radius 2 is 1.46 bits per heavy atom. The van der Waals surface area contributed by atoms with Crippen molar-refractivity contribution in [3.05, 3.63) is 138 Å². The Labute approximate surface area is 291 Å². The second kappa shape index (κ2) is 14.1. The van der Waals surface area contributed by atoms with Gasteiger partial charge in [-0.25, -0.2) is 13.1 Å². The third-order valence-corrected chi connectivity index (χ3v) is 10.7. The van der Waals surface area contributed by atoms with Gasteiger partial charge in [-0.05, 0) is 62.2 Å². The van der Waals surface area contributed by atoms with Crippen LogP contribution in [0.2, 0.25) is 0 Å². The van der Waals surface area contributed by atoms with Crippen LogP contribution < -0.4 is 5.01 Å². The van der Waals surface area contributed by atoms with Gasteiger partial charge in [0.15, 0.2) is 0 Å². The van der Waals surface area contributed by atoms with Crippen LogP contribution in [0.1, 0.15) is 30.9 Å². The first-order valence-electron chi connectivity index (χ1n) is 16.5. The Hall–Kier alpha value is -5.65. The van der Waals surface area contributed by atoms with Crippen LogP contribution in [-0.4, -0.2) is 59.8 Å². The number of carbonyl (C=O) groups excluding carboxylic acids is 2. The average molecular weight is 686 g/mol. The van der Waals surface area contributed by atoms with Crippen molar-refractivity contribution in [2.75, 3.05) is 24.7 Å². The fraction of sp³-hybridized carbons (Fsp3) is 0.179. The topological polar surface area (TPSA) is 114 Å². The summed E-state index contributed by atoms with van der Waals surface area (Å²) >= 11 is 0. The number of hydrogen-bond donors (Lipinski definition) is 0. The molecule has 0 spiro atoms. The van der Waals surface area contributed by atoms with Crippen LogP contribution in [0.4, 0.5) is 5.69 Å². The van der Waals surface area contributed by atoms with Crippen LogP contribution in [-0.2, 0) is 24.3 Å². The summed E-state index contributed by atoms with van der Waals surface area (Å²) in [5, 5.41) is 11.1. The van der Waals surface area contributed by atoms with E-state index in [0.717, 1.165) is 11.3 Å². The van der Waals surface area contributed by atoms with Gasteiger partial charge in [0, 0.05) is 36.0 Å². The van der Waals surface area contributed by atoms with E-state index >= 15 is 0 Å². The first-order valence-corrected chi connectivity index (χ1v) is 18.0. The lowest BCUT2D eigenvalue weighted by molar-refractivity contribution is -0.149. The minimum absolute atomic E-state index is 0.121.